The number of carbonyl (C=O) groups excluding carboxylic acids is 2. The lowest BCUT2D eigenvalue weighted by atomic mass is 10.1. The van der Waals surface area contributed by atoms with Crippen molar-refractivity contribution in [3.8, 4) is 5.75 Å². The molecule has 0 saturated carbocycles. The molecule has 2 N–H and O–H groups in total. The van der Waals surface area contributed by atoms with Crippen molar-refractivity contribution in [1.82, 2.24) is 5.32 Å². The fourth-order valence-electron chi connectivity index (χ4n) is 2.33. The van der Waals surface area contributed by atoms with Gasteiger partial charge in [0.05, 0.1) is 12.5 Å². The van der Waals surface area contributed by atoms with Crippen molar-refractivity contribution in [2.45, 2.75) is 32.4 Å². The van der Waals surface area contributed by atoms with E-state index in [1.165, 1.54) is 19.1 Å². The van der Waals surface area contributed by atoms with E-state index in [1.54, 1.807) is 37.3 Å². The van der Waals surface area contributed by atoms with E-state index in [2.05, 4.69) is 5.32 Å². The molecule has 0 radical (unpaired) electrons. The third kappa shape index (κ3) is 5.64. The van der Waals surface area contributed by atoms with E-state index in [1.807, 2.05) is 0 Å². The van der Waals surface area contributed by atoms with Crippen molar-refractivity contribution < 1.29 is 19.4 Å². The second-order valence-electron chi connectivity index (χ2n) is 5.87. The van der Waals surface area contributed by atoms with Gasteiger partial charge in [-0.15, -0.1) is 0 Å². The maximum Gasteiger partial charge on any atom is 0.311 e. The average molecular weight is 396 g/mol. The highest BCUT2D eigenvalue weighted by atomic mass is 35.5. The molecule has 2 aromatic carbocycles. The number of esters is 1. The molecule has 0 aliphatic carbocycles. The summed E-state index contributed by atoms with van der Waals surface area (Å²) in [5.41, 5.74) is 1.40. The molecule has 2 aromatic rings. The van der Waals surface area contributed by atoms with Gasteiger partial charge in [-0.05, 0) is 49.2 Å². The summed E-state index contributed by atoms with van der Waals surface area (Å²) in [5.74, 6) is -0.845. The van der Waals surface area contributed by atoms with Crippen LogP contribution in [-0.4, -0.2) is 23.1 Å². The Balaban J connectivity index is 1.90. The van der Waals surface area contributed by atoms with Crippen molar-refractivity contribution in [2.75, 3.05) is 0 Å². The molecule has 5 nitrogen and oxygen atoms in total. The van der Waals surface area contributed by atoms with Gasteiger partial charge in [-0.1, -0.05) is 41.4 Å². The lowest BCUT2D eigenvalue weighted by Gasteiger charge is -2.19. The van der Waals surface area contributed by atoms with Gasteiger partial charge in [0.2, 0.25) is 0 Å². The zero-order valence-electron chi connectivity index (χ0n) is 14.3. The number of phenols is 1. The summed E-state index contributed by atoms with van der Waals surface area (Å²) in [6, 6.07) is 10.8. The van der Waals surface area contributed by atoms with E-state index in [0.717, 1.165) is 0 Å². The first kappa shape index (κ1) is 20.1. The van der Waals surface area contributed by atoms with Gasteiger partial charge in [-0.3, -0.25) is 9.59 Å². The van der Waals surface area contributed by atoms with Gasteiger partial charge in [0, 0.05) is 10.0 Å². The molecule has 0 fully saturated rings. The molecule has 138 valence electrons. The Morgan fingerprint density at radius 2 is 1.77 bits per heavy atom. The number of aromatic hydroxyl groups is 1. The molecule has 7 heteroatoms. The highest BCUT2D eigenvalue weighted by Gasteiger charge is 2.21. The number of ether oxygens (including phenoxy) is 1. The van der Waals surface area contributed by atoms with Crippen molar-refractivity contribution in [2.24, 2.45) is 0 Å². The second-order valence-corrected chi connectivity index (χ2v) is 6.72. The molecule has 0 aliphatic heterocycles. The minimum atomic E-state index is -0.951. The van der Waals surface area contributed by atoms with E-state index >= 15 is 0 Å². The standard InChI is InChI=1S/C19H19Cl2NO4/c1-11(16-8-5-14(20)10-17(16)21)22-19(25)12(2)26-18(24)9-13-3-6-15(23)7-4-13/h3-8,10-12,23H,9H2,1-2H3,(H,22,25)/t11-,12-/m1/s1. The first-order chi connectivity index (χ1) is 12.3. The normalized spacial score (nSPS) is 12.9. The van der Waals surface area contributed by atoms with Crippen molar-refractivity contribution in [3.05, 3.63) is 63.6 Å². The SMILES string of the molecule is C[C@@H](OC(=O)Cc1ccc(O)cc1)C(=O)N[C@H](C)c1ccc(Cl)cc1Cl. The van der Waals surface area contributed by atoms with Crippen LogP contribution in [0.5, 0.6) is 5.75 Å². The van der Waals surface area contributed by atoms with Crippen LogP contribution < -0.4 is 5.32 Å². The van der Waals surface area contributed by atoms with E-state index in [4.69, 9.17) is 27.9 Å². The number of phenolic OH excluding ortho intramolecular Hbond substituents is 1. The largest absolute Gasteiger partial charge is 0.508 e. The highest BCUT2D eigenvalue weighted by molar-refractivity contribution is 6.35. The Morgan fingerprint density at radius 3 is 2.38 bits per heavy atom. The van der Waals surface area contributed by atoms with Crippen LogP contribution in [0.15, 0.2) is 42.5 Å². The molecule has 0 bridgehead atoms. The van der Waals surface area contributed by atoms with E-state index in [9.17, 15) is 14.7 Å². The maximum atomic E-state index is 12.2. The summed E-state index contributed by atoms with van der Waals surface area (Å²) in [5, 5.41) is 12.9. The topological polar surface area (TPSA) is 75.6 Å². The maximum absolute atomic E-state index is 12.2. The van der Waals surface area contributed by atoms with Crippen molar-refractivity contribution in [1.29, 1.82) is 0 Å². The van der Waals surface area contributed by atoms with E-state index in [-0.39, 0.29) is 18.2 Å². The van der Waals surface area contributed by atoms with Crippen LogP contribution in [0.4, 0.5) is 0 Å². The molecule has 0 unspecified atom stereocenters. The smallest absolute Gasteiger partial charge is 0.311 e. The Kier molecular flexibility index (Phi) is 6.89. The monoisotopic (exact) mass is 395 g/mol. The fourth-order valence-corrected chi connectivity index (χ4v) is 2.91. The van der Waals surface area contributed by atoms with Crippen molar-refractivity contribution >= 4 is 35.1 Å². The lowest BCUT2D eigenvalue weighted by Crippen LogP contribution is -2.37. The number of benzene rings is 2. The summed E-state index contributed by atoms with van der Waals surface area (Å²) < 4.78 is 5.16. The summed E-state index contributed by atoms with van der Waals surface area (Å²) in [6.45, 7) is 3.28. The Morgan fingerprint density at radius 1 is 1.12 bits per heavy atom. The Bertz CT molecular complexity index is 793. The number of amides is 1. The van der Waals surface area contributed by atoms with Gasteiger partial charge in [0.1, 0.15) is 5.75 Å². The summed E-state index contributed by atoms with van der Waals surface area (Å²) >= 11 is 12.0. The zero-order chi connectivity index (χ0) is 19.3. The molecule has 0 aliphatic rings. The molecule has 26 heavy (non-hydrogen) atoms. The van der Waals surface area contributed by atoms with Crippen LogP contribution in [0, 0.1) is 0 Å². The molecular weight excluding hydrogens is 377 g/mol. The van der Waals surface area contributed by atoms with Crippen molar-refractivity contribution in [3.63, 3.8) is 0 Å². The van der Waals surface area contributed by atoms with Crippen LogP contribution in [0.1, 0.15) is 31.0 Å². The van der Waals surface area contributed by atoms with E-state index in [0.29, 0.717) is 21.2 Å². The zero-order valence-corrected chi connectivity index (χ0v) is 15.8. The molecule has 2 rings (SSSR count). The predicted octanol–water partition coefficient (Wildman–Crippen LogP) is 4.05. The number of hydrogen-bond acceptors (Lipinski definition) is 4. The van der Waals surface area contributed by atoms with Gasteiger partial charge < -0.3 is 15.2 Å². The minimum Gasteiger partial charge on any atom is -0.508 e. The first-order valence-corrected chi connectivity index (χ1v) is 8.74. The Labute approximate surface area is 161 Å². The summed E-state index contributed by atoms with van der Waals surface area (Å²) in [6.07, 6.45) is -0.940. The highest BCUT2D eigenvalue weighted by Crippen LogP contribution is 2.26. The van der Waals surface area contributed by atoms with Gasteiger partial charge in [-0.25, -0.2) is 0 Å². The van der Waals surface area contributed by atoms with Crippen LogP contribution in [0.2, 0.25) is 10.0 Å². The lowest BCUT2D eigenvalue weighted by molar-refractivity contribution is -0.154. The van der Waals surface area contributed by atoms with Gasteiger partial charge in [-0.2, -0.15) is 0 Å². The molecular formula is C19H19Cl2NO4. The summed E-state index contributed by atoms with van der Waals surface area (Å²) in [7, 11) is 0. The fraction of sp³-hybridized carbons (Fsp3) is 0.263. The number of halogens is 2. The van der Waals surface area contributed by atoms with Crippen LogP contribution in [0.25, 0.3) is 0 Å². The van der Waals surface area contributed by atoms with E-state index < -0.39 is 18.0 Å². The molecule has 0 aromatic heterocycles. The third-order valence-electron chi connectivity index (χ3n) is 3.75. The predicted molar refractivity (Wildman–Crippen MR) is 100 cm³/mol. The van der Waals surface area contributed by atoms with Crippen LogP contribution in [0.3, 0.4) is 0 Å². The number of carbonyl (C=O) groups is 2. The van der Waals surface area contributed by atoms with Gasteiger partial charge >= 0.3 is 5.97 Å². The third-order valence-corrected chi connectivity index (χ3v) is 4.31. The number of rotatable bonds is 6. The molecule has 0 heterocycles. The number of hydrogen-bond donors (Lipinski definition) is 2. The van der Waals surface area contributed by atoms with Gasteiger partial charge in [0.15, 0.2) is 6.10 Å². The quantitative estimate of drug-likeness (QED) is 0.723. The number of nitrogens with one attached hydrogen (secondary N) is 1. The Hall–Kier alpha value is -2.24. The van der Waals surface area contributed by atoms with Gasteiger partial charge in [0.25, 0.3) is 5.91 Å². The molecule has 0 spiro atoms. The second kappa shape index (κ2) is 8.92. The minimum absolute atomic E-state index is 0.0104. The molecule has 0 saturated heterocycles. The molecule has 2 atom stereocenters. The van der Waals surface area contributed by atoms with Crippen LogP contribution >= 0.6 is 23.2 Å². The average Bonchev–Trinajstić information content (AvgIpc) is 2.56. The first-order valence-electron chi connectivity index (χ1n) is 7.99. The summed E-state index contributed by atoms with van der Waals surface area (Å²) in [4.78, 5) is 24.2. The molecule has 1 amide bonds. The van der Waals surface area contributed by atoms with Crippen LogP contribution in [-0.2, 0) is 20.7 Å².